The molecule has 2 aromatic rings. The lowest BCUT2D eigenvalue weighted by Crippen LogP contribution is -2.42. The number of ketones is 1. The minimum absolute atomic E-state index is 0.0117. The van der Waals surface area contributed by atoms with Crippen LogP contribution in [0.5, 0.6) is 0 Å². The van der Waals surface area contributed by atoms with Gasteiger partial charge in [0.2, 0.25) is 5.91 Å². The first-order chi connectivity index (χ1) is 12.7. The molecule has 0 radical (unpaired) electrons. The van der Waals surface area contributed by atoms with Gasteiger partial charge in [-0.2, -0.15) is 5.10 Å². The van der Waals surface area contributed by atoms with E-state index in [0.29, 0.717) is 12.3 Å². The Hall–Kier alpha value is -2.43. The summed E-state index contributed by atoms with van der Waals surface area (Å²) in [5.41, 5.74) is 2.20. The topological polar surface area (TPSA) is 64.0 Å². The van der Waals surface area contributed by atoms with E-state index in [9.17, 15) is 9.59 Å². The van der Waals surface area contributed by atoms with E-state index >= 15 is 0 Å². The summed E-state index contributed by atoms with van der Waals surface area (Å²) in [4.78, 5) is 24.7. The minimum atomic E-state index is -0.0117. The van der Waals surface area contributed by atoms with Crippen molar-refractivity contribution in [3.63, 3.8) is 0 Å². The van der Waals surface area contributed by atoms with Crippen LogP contribution < -0.4 is 5.32 Å². The molecule has 0 saturated heterocycles. The zero-order chi connectivity index (χ0) is 17.9. The quantitative estimate of drug-likeness (QED) is 0.901. The number of aromatic nitrogens is 2. The average molecular weight is 351 g/mol. The molecule has 5 nitrogen and oxygen atoms in total. The van der Waals surface area contributed by atoms with E-state index in [1.807, 2.05) is 35.3 Å². The van der Waals surface area contributed by atoms with Gasteiger partial charge in [0.15, 0.2) is 0 Å². The molecule has 1 aromatic heterocycles. The first-order valence-corrected chi connectivity index (χ1v) is 9.56. The fraction of sp³-hybridized carbons (Fsp3) is 0.476. The molecule has 4 rings (SSSR count). The van der Waals surface area contributed by atoms with E-state index in [-0.39, 0.29) is 23.7 Å². The molecule has 2 aliphatic carbocycles. The van der Waals surface area contributed by atoms with Crippen molar-refractivity contribution >= 4 is 11.7 Å². The number of Topliss-reactive ketones (excluding diaryl/α,β-unsaturated/α-hetero) is 1. The molecule has 2 fully saturated rings. The average Bonchev–Trinajstić information content (AvgIpc) is 3.08. The van der Waals surface area contributed by atoms with E-state index < -0.39 is 0 Å². The van der Waals surface area contributed by atoms with Crippen molar-refractivity contribution < 1.29 is 9.59 Å². The van der Waals surface area contributed by atoms with Gasteiger partial charge in [0, 0.05) is 36.1 Å². The molecule has 2 saturated carbocycles. The summed E-state index contributed by atoms with van der Waals surface area (Å²) < 4.78 is 1.89. The van der Waals surface area contributed by atoms with Gasteiger partial charge in [-0.25, -0.2) is 0 Å². The van der Waals surface area contributed by atoms with E-state index in [2.05, 4.69) is 22.5 Å². The minimum Gasteiger partial charge on any atom is -0.352 e. The van der Waals surface area contributed by atoms with Gasteiger partial charge in [-0.15, -0.1) is 0 Å². The van der Waals surface area contributed by atoms with Crippen molar-refractivity contribution in [2.45, 2.75) is 45.2 Å². The maximum absolute atomic E-state index is 12.6. The highest BCUT2D eigenvalue weighted by Gasteiger charge is 2.41. The van der Waals surface area contributed by atoms with Gasteiger partial charge >= 0.3 is 0 Å². The highest BCUT2D eigenvalue weighted by atomic mass is 16.2. The lowest BCUT2D eigenvalue weighted by atomic mass is 9.67. The number of fused-ring (bicyclic) bond motifs is 2. The van der Waals surface area contributed by atoms with Gasteiger partial charge < -0.3 is 5.32 Å². The lowest BCUT2D eigenvalue weighted by Gasteiger charge is -2.36. The Morgan fingerprint density at radius 1 is 1.12 bits per heavy atom. The monoisotopic (exact) mass is 351 g/mol. The van der Waals surface area contributed by atoms with E-state index in [1.165, 1.54) is 5.56 Å². The molecule has 1 N–H and O–H groups in total. The molecule has 1 heterocycles. The van der Waals surface area contributed by atoms with Crippen LogP contribution in [-0.4, -0.2) is 21.5 Å². The van der Waals surface area contributed by atoms with Crippen LogP contribution in [0.25, 0.3) is 0 Å². The Kier molecular flexibility index (Phi) is 4.87. The lowest BCUT2D eigenvalue weighted by molar-refractivity contribution is -0.137. The van der Waals surface area contributed by atoms with Crippen molar-refractivity contribution in [3.8, 4) is 0 Å². The summed E-state index contributed by atoms with van der Waals surface area (Å²) >= 11 is 0. The van der Waals surface area contributed by atoms with Crippen LogP contribution in [0, 0.1) is 17.8 Å². The normalized spacial score (nSPS) is 25.1. The fourth-order valence-electron chi connectivity index (χ4n) is 4.38. The first-order valence-electron chi connectivity index (χ1n) is 9.56. The number of nitrogens with one attached hydrogen (secondary N) is 1. The molecule has 2 atom stereocenters. The Labute approximate surface area is 153 Å². The Morgan fingerprint density at radius 2 is 1.85 bits per heavy atom. The molecule has 0 spiro atoms. The third kappa shape index (κ3) is 3.71. The third-order valence-electron chi connectivity index (χ3n) is 5.76. The van der Waals surface area contributed by atoms with Gasteiger partial charge in [0.05, 0.1) is 12.7 Å². The molecule has 2 unspecified atom stereocenters. The summed E-state index contributed by atoms with van der Waals surface area (Å²) in [6.07, 6.45) is 8.31. The Bertz CT molecular complexity index is 768. The summed E-state index contributed by atoms with van der Waals surface area (Å²) in [6, 6.07) is 10.2. The SMILES string of the molecule is O=C(NCc1cnn(Cc2ccccc2)c1)C1CC2CCCC(C1)C2=O. The van der Waals surface area contributed by atoms with Crippen LogP contribution in [0.15, 0.2) is 42.7 Å². The van der Waals surface area contributed by atoms with E-state index in [4.69, 9.17) is 0 Å². The zero-order valence-electron chi connectivity index (χ0n) is 14.9. The number of carbonyl (C=O) groups excluding carboxylic acids is 2. The second-order valence-corrected chi connectivity index (χ2v) is 7.65. The molecular formula is C21H25N3O2. The largest absolute Gasteiger partial charge is 0.352 e. The second-order valence-electron chi connectivity index (χ2n) is 7.65. The van der Waals surface area contributed by atoms with Gasteiger partial charge in [-0.1, -0.05) is 36.8 Å². The highest BCUT2D eigenvalue weighted by molar-refractivity contribution is 5.88. The maximum atomic E-state index is 12.6. The molecule has 0 aliphatic heterocycles. The van der Waals surface area contributed by atoms with Crippen LogP contribution in [0.4, 0.5) is 0 Å². The number of rotatable bonds is 5. The molecule has 1 aromatic carbocycles. The molecule has 2 aliphatic rings. The number of carbonyl (C=O) groups is 2. The summed E-state index contributed by atoms with van der Waals surface area (Å²) in [5.74, 6) is 0.716. The number of amides is 1. The number of hydrogen-bond acceptors (Lipinski definition) is 3. The van der Waals surface area contributed by atoms with Crippen molar-refractivity contribution in [2.75, 3.05) is 0 Å². The van der Waals surface area contributed by atoms with Gasteiger partial charge in [-0.05, 0) is 31.2 Å². The molecule has 26 heavy (non-hydrogen) atoms. The number of benzene rings is 1. The van der Waals surface area contributed by atoms with Crippen LogP contribution in [0.1, 0.15) is 43.2 Å². The van der Waals surface area contributed by atoms with Crippen molar-refractivity contribution in [1.29, 1.82) is 0 Å². The second kappa shape index (κ2) is 7.44. The number of hydrogen-bond donors (Lipinski definition) is 1. The van der Waals surface area contributed by atoms with E-state index in [0.717, 1.165) is 44.2 Å². The molecule has 136 valence electrons. The van der Waals surface area contributed by atoms with Crippen LogP contribution in [0.2, 0.25) is 0 Å². The molecule has 5 heteroatoms. The van der Waals surface area contributed by atoms with Crippen molar-refractivity contribution in [2.24, 2.45) is 17.8 Å². The fourth-order valence-corrected chi connectivity index (χ4v) is 4.38. The number of nitrogens with zero attached hydrogens (tertiary/aromatic N) is 2. The first kappa shape index (κ1) is 17.0. The summed E-state index contributed by atoms with van der Waals surface area (Å²) in [5, 5.41) is 7.43. The summed E-state index contributed by atoms with van der Waals surface area (Å²) in [7, 11) is 0. The predicted octanol–water partition coefficient (Wildman–Crippen LogP) is 2.94. The third-order valence-corrected chi connectivity index (χ3v) is 5.76. The maximum Gasteiger partial charge on any atom is 0.223 e. The van der Waals surface area contributed by atoms with Crippen molar-refractivity contribution in [3.05, 3.63) is 53.9 Å². The Balaban J connectivity index is 1.30. The smallest absolute Gasteiger partial charge is 0.223 e. The van der Waals surface area contributed by atoms with Crippen LogP contribution in [0.3, 0.4) is 0 Å². The molecule has 2 bridgehead atoms. The molecule has 1 amide bonds. The molecular weight excluding hydrogens is 326 g/mol. The predicted molar refractivity (Wildman–Crippen MR) is 98.2 cm³/mol. The van der Waals surface area contributed by atoms with Crippen molar-refractivity contribution in [1.82, 2.24) is 15.1 Å². The van der Waals surface area contributed by atoms with Gasteiger partial charge in [0.1, 0.15) is 5.78 Å². The highest BCUT2D eigenvalue weighted by Crippen LogP contribution is 2.40. The standard InChI is InChI=1S/C21H25N3O2/c25-20-17-7-4-8-18(20)10-19(9-17)21(26)22-11-16-12-23-24(14-16)13-15-5-2-1-3-6-15/h1-3,5-6,12,14,17-19H,4,7-11,13H2,(H,22,26). The van der Waals surface area contributed by atoms with Gasteiger partial charge in [0.25, 0.3) is 0 Å². The Morgan fingerprint density at radius 3 is 2.58 bits per heavy atom. The summed E-state index contributed by atoms with van der Waals surface area (Å²) in [6.45, 7) is 1.22. The van der Waals surface area contributed by atoms with Crippen LogP contribution >= 0.6 is 0 Å². The zero-order valence-corrected chi connectivity index (χ0v) is 14.9. The van der Waals surface area contributed by atoms with E-state index in [1.54, 1.807) is 0 Å². The van der Waals surface area contributed by atoms with Gasteiger partial charge in [-0.3, -0.25) is 14.3 Å². The van der Waals surface area contributed by atoms with Crippen LogP contribution in [-0.2, 0) is 22.7 Å².